The van der Waals surface area contributed by atoms with E-state index in [9.17, 15) is 9.18 Å². The van der Waals surface area contributed by atoms with E-state index < -0.39 is 0 Å². The Labute approximate surface area is 154 Å². The number of amides is 1. The van der Waals surface area contributed by atoms with Crippen LogP contribution in [0.15, 0.2) is 47.3 Å². The monoisotopic (exact) mass is 365 g/mol. The third kappa shape index (κ3) is 2.44. The van der Waals surface area contributed by atoms with Gasteiger partial charge in [-0.05, 0) is 48.6 Å². The molecule has 0 radical (unpaired) electrons. The number of thiophene rings is 1. The van der Waals surface area contributed by atoms with Crippen LogP contribution in [-0.2, 0) is 6.42 Å². The fourth-order valence-electron chi connectivity index (χ4n) is 4.06. The van der Waals surface area contributed by atoms with Crippen LogP contribution in [0.25, 0.3) is 11.4 Å². The second kappa shape index (κ2) is 5.99. The molecule has 0 aliphatic carbocycles. The Balaban J connectivity index is 1.50. The molecule has 1 aromatic carbocycles. The topological polar surface area (TPSA) is 46.1 Å². The van der Waals surface area contributed by atoms with Crippen LogP contribution in [0.4, 0.5) is 4.39 Å². The van der Waals surface area contributed by atoms with Gasteiger partial charge in [0.25, 0.3) is 5.91 Å². The van der Waals surface area contributed by atoms with Gasteiger partial charge in [-0.2, -0.15) is 11.3 Å². The fourth-order valence-corrected chi connectivity index (χ4v) is 4.69. The number of benzene rings is 1. The Morgan fingerprint density at radius 3 is 2.81 bits per heavy atom. The van der Waals surface area contributed by atoms with Crippen molar-refractivity contribution in [3.8, 4) is 11.4 Å². The van der Waals surface area contributed by atoms with E-state index in [4.69, 9.17) is 4.98 Å². The molecule has 1 amide bonds. The minimum atomic E-state index is -0.271. The third-order valence-electron chi connectivity index (χ3n) is 5.30. The summed E-state index contributed by atoms with van der Waals surface area (Å²) in [5, 5.41) is 3.84. The van der Waals surface area contributed by atoms with Gasteiger partial charge in [-0.1, -0.05) is 0 Å². The molecule has 2 aromatic heterocycles. The van der Waals surface area contributed by atoms with Gasteiger partial charge in [0.2, 0.25) is 0 Å². The number of hydrogen-bond donors (Lipinski definition) is 0. The Bertz CT molecular complexity index is 971. The summed E-state index contributed by atoms with van der Waals surface area (Å²) < 4.78 is 13.1. The van der Waals surface area contributed by atoms with Crippen LogP contribution >= 0.6 is 11.3 Å². The van der Waals surface area contributed by atoms with E-state index >= 15 is 0 Å². The summed E-state index contributed by atoms with van der Waals surface area (Å²) in [6.45, 7) is 0. The number of halogens is 1. The Morgan fingerprint density at radius 2 is 2.04 bits per heavy atom. The average molecular weight is 365 g/mol. The highest BCUT2D eigenvalue weighted by Gasteiger charge is 2.43. The molecule has 26 heavy (non-hydrogen) atoms. The third-order valence-corrected chi connectivity index (χ3v) is 5.98. The van der Waals surface area contributed by atoms with Crippen LogP contribution in [0.3, 0.4) is 0 Å². The molecule has 3 aromatic rings. The van der Waals surface area contributed by atoms with Crippen LogP contribution < -0.4 is 0 Å². The summed E-state index contributed by atoms with van der Waals surface area (Å²) in [5.41, 5.74) is 3.63. The number of fused-ring (bicyclic) bond motifs is 4. The zero-order chi connectivity index (χ0) is 17.7. The second-order valence-corrected chi connectivity index (χ2v) is 7.56. The van der Waals surface area contributed by atoms with Crippen LogP contribution in [0.2, 0.25) is 0 Å². The van der Waals surface area contributed by atoms with Gasteiger partial charge in [0, 0.05) is 35.2 Å². The summed E-state index contributed by atoms with van der Waals surface area (Å²) in [7, 11) is 0. The number of rotatable bonds is 2. The Kier molecular flexibility index (Phi) is 3.60. The molecule has 1 saturated heterocycles. The van der Waals surface area contributed by atoms with Crippen molar-refractivity contribution < 1.29 is 9.18 Å². The lowest BCUT2D eigenvalue weighted by Gasteiger charge is -2.35. The zero-order valence-corrected chi connectivity index (χ0v) is 14.7. The second-order valence-electron chi connectivity index (χ2n) is 6.78. The molecule has 2 unspecified atom stereocenters. The van der Waals surface area contributed by atoms with Crippen molar-refractivity contribution in [3.05, 3.63) is 69.9 Å². The van der Waals surface area contributed by atoms with Crippen molar-refractivity contribution in [2.75, 3.05) is 0 Å². The van der Waals surface area contributed by atoms with Gasteiger partial charge >= 0.3 is 0 Å². The lowest BCUT2D eigenvalue weighted by molar-refractivity contribution is 0.0644. The fraction of sp³-hybridized carbons (Fsp3) is 0.250. The largest absolute Gasteiger partial charge is 0.328 e. The maximum absolute atomic E-state index is 13.1. The molecule has 0 N–H and O–H groups in total. The highest BCUT2D eigenvalue weighted by atomic mass is 32.1. The van der Waals surface area contributed by atoms with E-state index in [1.165, 1.54) is 12.1 Å². The van der Waals surface area contributed by atoms with Crippen LogP contribution in [-0.4, -0.2) is 26.8 Å². The minimum Gasteiger partial charge on any atom is -0.328 e. The van der Waals surface area contributed by atoms with Crippen molar-refractivity contribution in [2.45, 2.75) is 31.3 Å². The standard InChI is InChI=1S/C20H16FN3OS/c21-14-3-1-12(2-4-14)19-22-10-16-17(23-19)9-15-5-6-18(16)24(15)20(25)13-7-8-26-11-13/h1-4,7-8,10-11,15,18H,5-6,9H2. The SMILES string of the molecule is O=C(c1ccsc1)N1C2CCC1c1cnc(-c3ccc(F)cc3)nc1C2. The molecule has 130 valence electrons. The predicted octanol–water partition coefficient (Wildman–Crippen LogP) is 4.25. The van der Waals surface area contributed by atoms with E-state index in [1.54, 1.807) is 23.5 Å². The molecule has 2 aliphatic rings. The first kappa shape index (κ1) is 15.6. The van der Waals surface area contributed by atoms with E-state index in [0.717, 1.165) is 41.6 Å². The molecule has 5 rings (SSSR count). The molecule has 4 nitrogen and oxygen atoms in total. The quantitative estimate of drug-likeness (QED) is 0.682. The van der Waals surface area contributed by atoms with Crippen molar-refractivity contribution >= 4 is 17.2 Å². The van der Waals surface area contributed by atoms with Crippen molar-refractivity contribution in [2.24, 2.45) is 0 Å². The highest BCUT2D eigenvalue weighted by Crippen LogP contribution is 2.44. The average Bonchev–Trinajstić information content (AvgIpc) is 3.29. The van der Waals surface area contributed by atoms with Gasteiger partial charge in [-0.25, -0.2) is 14.4 Å². The van der Waals surface area contributed by atoms with Crippen LogP contribution in [0, 0.1) is 5.82 Å². The Morgan fingerprint density at radius 1 is 1.19 bits per heavy atom. The van der Waals surface area contributed by atoms with Gasteiger partial charge in [0.15, 0.2) is 5.82 Å². The van der Waals surface area contributed by atoms with Crippen molar-refractivity contribution in [1.82, 2.24) is 14.9 Å². The molecular weight excluding hydrogens is 349 g/mol. The maximum Gasteiger partial charge on any atom is 0.255 e. The van der Waals surface area contributed by atoms with Crippen molar-refractivity contribution in [1.29, 1.82) is 0 Å². The van der Waals surface area contributed by atoms with Crippen LogP contribution in [0.5, 0.6) is 0 Å². The summed E-state index contributed by atoms with van der Waals surface area (Å²) in [6.07, 6.45) is 4.54. The molecule has 0 spiro atoms. The van der Waals surface area contributed by atoms with Crippen molar-refractivity contribution in [3.63, 3.8) is 0 Å². The van der Waals surface area contributed by atoms with Gasteiger partial charge in [0.05, 0.1) is 17.3 Å². The lowest BCUT2D eigenvalue weighted by atomic mass is 9.98. The number of carbonyl (C=O) groups excluding carboxylic acids is 1. The van der Waals surface area contributed by atoms with Gasteiger partial charge in [0.1, 0.15) is 5.82 Å². The predicted molar refractivity (Wildman–Crippen MR) is 97.4 cm³/mol. The number of nitrogens with zero attached hydrogens (tertiary/aromatic N) is 3. The van der Waals surface area contributed by atoms with Crippen LogP contribution in [0.1, 0.15) is 40.5 Å². The summed E-state index contributed by atoms with van der Waals surface area (Å²) in [5.74, 6) is 0.445. The van der Waals surface area contributed by atoms with E-state index in [-0.39, 0.29) is 23.8 Å². The number of hydrogen-bond acceptors (Lipinski definition) is 4. The first-order chi connectivity index (χ1) is 12.7. The van der Waals surface area contributed by atoms with Gasteiger partial charge in [-0.3, -0.25) is 4.79 Å². The summed E-state index contributed by atoms with van der Waals surface area (Å²) >= 11 is 1.54. The molecule has 1 fully saturated rings. The van der Waals surface area contributed by atoms with E-state index in [1.807, 2.05) is 27.9 Å². The first-order valence-corrected chi connectivity index (χ1v) is 9.61. The molecular formula is C20H16FN3OS. The number of carbonyl (C=O) groups is 1. The molecule has 4 heterocycles. The zero-order valence-electron chi connectivity index (χ0n) is 13.9. The maximum atomic E-state index is 13.1. The normalized spacial score (nSPS) is 20.9. The molecule has 2 aliphatic heterocycles. The minimum absolute atomic E-state index is 0.0541. The van der Waals surface area contributed by atoms with Gasteiger partial charge < -0.3 is 4.90 Å². The summed E-state index contributed by atoms with van der Waals surface area (Å²) in [4.78, 5) is 24.2. The van der Waals surface area contributed by atoms with Gasteiger partial charge in [-0.15, -0.1) is 0 Å². The van der Waals surface area contributed by atoms with E-state index in [2.05, 4.69) is 4.98 Å². The van der Waals surface area contributed by atoms with E-state index in [0.29, 0.717) is 5.82 Å². The molecule has 2 bridgehead atoms. The lowest BCUT2D eigenvalue weighted by Crippen LogP contribution is -2.42. The first-order valence-electron chi connectivity index (χ1n) is 8.67. The molecule has 2 atom stereocenters. The number of aromatic nitrogens is 2. The highest BCUT2D eigenvalue weighted by molar-refractivity contribution is 7.08. The Hall–Kier alpha value is -2.60. The summed E-state index contributed by atoms with van der Waals surface area (Å²) in [6, 6.07) is 8.36. The molecule has 0 saturated carbocycles. The smallest absolute Gasteiger partial charge is 0.255 e. The molecule has 6 heteroatoms.